The normalized spacial score (nSPS) is 14.3. The molecule has 0 aromatic carbocycles. The van der Waals surface area contributed by atoms with Gasteiger partial charge in [0.1, 0.15) is 6.54 Å². The fourth-order valence-corrected chi connectivity index (χ4v) is 1.48. The Hall–Kier alpha value is -2.24. The van der Waals surface area contributed by atoms with Crippen molar-refractivity contribution in [2.75, 3.05) is 27.7 Å². The van der Waals surface area contributed by atoms with E-state index in [1.165, 1.54) is 0 Å². The Morgan fingerprint density at radius 2 is 1.40 bits per heavy atom. The summed E-state index contributed by atoms with van der Waals surface area (Å²) in [6, 6.07) is 0. The average molecular weight is 367 g/mol. The van der Waals surface area contributed by atoms with Crippen molar-refractivity contribution in [2.45, 2.75) is 38.1 Å². The highest BCUT2D eigenvalue weighted by atomic mass is 16.5. The Bertz CT molecular complexity index is 453. The van der Waals surface area contributed by atoms with Gasteiger partial charge in [-0.05, 0) is 0 Å². The molecule has 0 saturated heterocycles. The Morgan fingerprint density at radius 1 is 1.00 bits per heavy atom. The highest BCUT2D eigenvalue weighted by Gasteiger charge is 2.29. The number of hydrogen-bond acceptors (Lipinski definition) is 8. The summed E-state index contributed by atoms with van der Waals surface area (Å²) in [5.74, 6) is -5.11. The van der Waals surface area contributed by atoms with Crippen molar-refractivity contribution in [2.24, 2.45) is 0 Å². The average Bonchev–Trinajstić information content (AvgIpc) is 2.43. The number of likely N-dealkylation sites (N-methyl/N-ethyl adjacent to an activating group) is 1. The minimum Gasteiger partial charge on any atom is -0.550 e. The lowest BCUT2D eigenvalue weighted by Crippen LogP contribution is -2.45. The molecule has 0 aliphatic rings. The number of hydrogen-bond donors (Lipinski definition) is 4. The molecule has 0 radical (unpaired) electrons. The first-order valence-electron chi connectivity index (χ1n) is 7.22. The number of carbonyl (C=O) groups is 4. The molecule has 0 amide bonds. The second-order valence-electron chi connectivity index (χ2n) is 6.08. The van der Waals surface area contributed by atoms with Crippen molar-refractivity contribution in [3.05, 3.63) is 0 Å². The number of rotatable bonds is 9. The van der Waals surface area contributed by atoms with Gasteiger partial charge in [0, 0.05) is 18.8 Å². The van der Waals surface area contributed by atoms with E-state index in [1.807, 2.05) is 21.1 Å². The molecule has 25 heavy (non-hydrogen) atoms. The van der Waals surface area contributed by atoms with Crippen LogP contribution in [0.4, 0.5) is 0 Å². The van der Waals surface area contributed by atoms with Gasteiger partial charge in [-0.3, -0.25) is 4.79 Å². The molecule has 2 unspecified atom stereocenters. The maximum Gasteiger partial charge on any atom is 0.335 e. The topological polar surface area (TPSA) is 181 Å². The number of ether oxygens (including phenoxy) is 1. The molecule has 0 bridgehead atoms. The number of nitrogens with zero attached hydrogens (tertiary/aromatic N) is 1. The van der Waals surface area contributed by atoms with Crippen molar-refractivity contribution in [3.8, 4) is 0 Å². The molecule has 0 saturated carbocycles. The van der Waals surface area contributed by atoms with E-state index in [9.17, 15) is 24.3 Å². The van der Waals surface area contributed by atoms with Crippen molar-refractivity contribution in [1.82, 2.24) is 0 Å². The Kier molecular flexibility index (Phi) is 11.3. The van der Waals surface area contributed by atoms with Gasteiger partial charge >= 0.3 is 17.9 Å². The van der Waals surface area contributed by atoms with Crippen molar-refractivity contribution >= 4 is 23.9 Å². The molecule has 0 fully saturated rings. The molecule has 146 valence electrons. The summed E-state index contributed by atoms with van der Waals surface area (Å²) in [7, 11) is 5.71. The second-order valence-corrected chi connectivity index (χ2v) is 6.08. The minimum absolute atomic E-state index is 0.249. The quantitative estimate of drug-likeness (QED) is 0.242. The molecule has 0 aliphatic carbocycles. The molecule has 4 N–H and O–H groups in total. The van der Waals surface area contributed by atoms with Crippen LogP contribution in [0.15, 0.2) is 0 Å². The summed E-state index contributed by atoms with van der Waals surface area (Å²) in [5, 5.41) is 43.0. The van der Waals surface area contributed by atoms with E-state index < -0.39 is 36.2 Å². The van der Waals surface area contributed by atoms with Gasteiger partial charge in [0.05, 0.1) is 21.1 Å². The van der Waals surface area contributed by atoms with E-state index in [0.29, 0.717) is 11.0 Å². The molecule has 0 aromatic rings. The predicted octanol–water partition coefficient (Wildman–Crippen LogP) is -2.97. The number of carboxylic acids is 3. The highest BCUT2D eigenvalue weighted by molar-refractivity contribution is 5.83. The van der Waals surface area contributed by atoms with Crippen LogP contribution < -0.4 is 5.11 Å². The first-order valence-corrected chi connectivity index (χ1v) is 7.22. The number of quaternary nitrogens is 1. The fourth-order valence-electron chi connectivity index (χ4n) is 1.48. The van der Waals surface area contributed by atoms with Gasteiger partial charge < -0.3 is 39.5 Å². The van der Waals surface area contributed by atoms with Crippen LogP contribution in [0.2, 0.25) is 0 Å². The third-order valence-corrected chi connectivity index (χ3v) is 2.54. The Balaban J connectivity index is 0. The largest absolute Gasteiger partial charge is 0.550 e. The number of esters is 1. The molecular formula is C14H25NO10. The molecular weight excluding hydrogens is 342 g/mol. The van der Waals surface area contributed by atoms with Gasteiger partial charge in [-0.15, -0.1) is 0 Å². The van der Waals surface area contributed by atoms with Crippen molar-refractivity contribution < 1.29 is 53.9 Å². The molecule has 11 nitrogen and oxygen atoms in total. The van der Waals surface area contributed by atoms with E-state index >= 15 is 0 Å². The van der Waals surface area contributed by atoms with Gasteiger partial charge in [0.25, 0.3) is 0 Å². The first kappa shape index (κ1) is 25.0. The summed E-state index contributed by atoms with van der Waals surface area (Å²) in [6.45, 7) is 2.13. The molecule has 0 aromatic heterocycles. The zero-order chi connectivity index (χ0) is 20.4. The number of aliphatic carboxylic acids is 3. The minimum atomic E-state index is -2.27. The SMILES string of the molecule is CCC(=O)O[C@H](CC(=O)[O-])C[N+](C)(C)C.O=C(O)C(O)C(O)C(=O)O. The molecule has 11 heteroatoms. The van der Waals surface area contributed by atoms with E-state index in [0.717, 1.165) is 0 Å². The maximum absolute atomic E-state index is 11.0. The van der Waals surface area contributed by atoms with Crippen LogP contribution in [-0.4, -0.2) is 94.8 Å². The van der Waals surface area contributed by atoms with Crippen molar-refractivity contribution in [3.63, 3.8) is 0 Å². The lowest BCUT2D eigenvalue weighted by Gasteiger charge is -2.29. The van der Waals surface area contributed by atoms with Crippen LogP contribution in [-0.2, 0) is 23.9 Å². The standard InChI is InChI=1S/C10H19NO4.C4H6O6/c1-5-10(14)15-8(6-9(12)13)7-11(2,3)4;5-1(3(7)8)2(6)4(9)10/h8H,5-7H2,1-4H3;1-2,5-6H,(H,7,8)(H,9,10)/t8-;/m1./s1. The number of carboxylic acid groups (broad SMARTS) is 3. The fraction of sp³-hybridized carbons (Fsp3) is 0.714. The first-order chi connectivity index (χ1) is 11.2. The molecule has 0 rings (SSSR count). The van der Waals surface area contributed by atoms with Gasteiger partial charge in [-0.1, -0.05) is 6.92 Å². The zero-order valence-electron chi connectivity index (χ0n) is 14.5. The van der Waals surface area contributed by atoms with Crippen molar-refractivity contribution in [1.29, 1.82) is 0 Å². The summed E-state index contributed by atoms with van der Waals surface area (Å²) in [6.07, 6.45) is -5.14. The summed E-state index contributed by atoms with van der Waals surface area (Å²) in [4.78, 5) is 41.0. The molecule has 0 spiro atoms. The van der Waals surface area contributed by atoms with E-state index in [1.54, 1.807) is 6.92 Å². The van der Waals surface area contributed by atoms with Crippen LogP contribution in [0.3, 0.4) is 0 Å². The molecule has 3 atom stereocenters. The summed E-state index contributed by atoms with van der Waals surface area (Å²) >= 11 is 0. The zero-order valence-corrected chi connectivity index (χ0v) is 14.5. The highest BCUT2D eigenvalue weighted by Crippen LogP contribution is 2.05. The van der Waals surface area contributed by atoms with Gasteiger partial charge in [-0.25, -0.2) is 9.59 Å². The van der Waals surface area contributed by atoms with Crippen LogP contribution >= 0.6 is 0 Å². The Labute approximate surface area is 144 Å². The number of aliphatic hydroxyl groups excluding tert-OH is 2. The summed E-state index contributed by atoms with van der Waals surface area (Å²) < 4.78 is 5.55. The van der Waals surface area contributed by atoms with Crippen LogP contribution in [0.25, 0.3) is 0 Å². The van der Waals surface area contributed by atoms with Crippen LogP contribution in [0, 0.1) is 0 Å². The monoisotopic (exact) mass is 367 g/mol. The van der Waals surface area contributed by atoms with Gasteiger partial charge in [-0.2, -0.15) is 0 Å². The second kappa shape index (κ2) is 11.3. The lowest BCUT2D eigenvalue weighted by molar-refractivity contribution is -0.873. The third-order valence-electron chi connectivity index (χ3n) is 2.54. The molecule has 0 heterocycles. The van der Waals surface area contributed by atoms with Gasteiger partial charge in [0.15, 0.2) is 18.3 Å². The predicted molar refractivity (Wildman–Crippen MR) is 80.0 cm³/mol. The Morgan fingerprint density at radius 3 is 1.64 bits per heavy atom. The van der Waals surface area contributed by atoms with E-state index in [2.05, 4.69) is 0 Å². The molecule has 0 aliphatic heterocycles. The van der Waals surface area contributed by atoms with Crippen LogP contribution in [0.1, 0.15) is 19.8 Å². The van der Waals surface area contributed by atoms with E-state index in [4.69, 9.17) is 25.2 Å². The smallest absolute Gasteiger partial charge is 0.335 e. The lowest BCUT2D eigenvalue weighted by atomic mass is 10.2. The number of aliphatic hydroxyl groups is 2. The maximum atomic E-state index is 11.0. The number of carbonyl (C=O) groups excluding carboxylic acids is 2. The third kappa shape index (κ3) is 13.9. The van der Waals surface area contributed by atoms with Gasteiger partial charge in [0.2, 0.25) is 0 Å². The van der Waals surface area contributed by atoms with Crippen LogP contribution in [0.5, 0.6) is 0 Å². The summed E-state index contributed by atoms with van der Waals surface area (Å²) in [5.41, 5.74) is 0. The van der Waals surface area contributed by atoms with E-state index in [-0.39, 0.29) is 18.8 Å².